The molecule has 1 heteroatoms. The van der Waals surface area contributed by atoms with Crippen molar-refractivity contribution in [2.45, 2.75) is 92.1 Å². The van der Waals surface area contributed by atoms with Gasteiger partial charge in [-0.3, -0.25) is 0 Å². The second-order valence-corrected chi connectivity index (χ2v) is 10.9. The Labute approximate surface area is 180 Å². The van der Waals surface area contributed by atoms with Crippen molar-refractivity contribution in [1.82, 2.24) is 0 Å². The molecule has 0 saturated heterocycles. The summed E-state index contributed by atoms with van der Waals surface area (Å²) in [6.45, 7) is 16.3. The molecule has 5 unspecified atom stereocenters. The lowest BCUT2D eigenvalue weighted by Gasteiger charge is -2.44. The van der Waals surface area contributed by atoms with Crippen molar-refractivity contribution in [2.24, 2.45) is 35.0 Å². The molecule has 3 fully saturated rings. The van der Waals surface area contributed by atoms with Gasteiger partial charge in [0.2, 0.25) is 0 Å². The molecule has 0 aromatic rings. The minimum absolute atomic E-state index is 0.182. The van der Waals surface area contributed by atoms with E-state index in [0.29, 0.717) is 17.3 Å². The van der Waals surface area contributed by atoms with Crippen molar-refractivity contribution < 1.29 is 5.11 Å². The first-order chi connectivity index (χ1) is 13.7. The van der Waals surface area contributed by atoms with Crippen molar-refractivity contribution in [3.05, 3.63) is 47.6 Å². The molecular formula is C28H44O. The van der Waals surface area contributed by atoms with Crippen molar-refractivity contribution in [3.63, 3.8) is 0 Å². The largest absolute Gasteiger partial charge is 0.393 e. The summed E-state index contributed by atoms with van der Waals surface area (Å²) in [5.74, 6) is 3.58. The van der Waals surface area contributed by atoms with Gasteiger partial charge in [0, 0.05) is 0 Å². The third kappa shape index (κ3) is 4.98. The highest BCUT2D eigenvalue weighted by Gasteiger charge is 2.50. The predicted octanol–water partition coefficient (Wildman–Crippen LogP) is 7.64. The van der Waals surface area contributed by atoms with Crippen LogP contribution >= 0.6 is 0 Å². The van der Waals surface area contributed by atoms with Crippen LogP contribution in [0, 0.1) is 35.0 Å². The summed E-state index contributed by atoms with van der Waals surface area (Å²) >= 11 is 0. The van der Waals surface area contributed by atoms with Gasteiger partial charge in [0.25, 0.3) is 0 Å². The summed E-state index contributed by atoms with van der Waals surface area (Å²) in [5.41, 5.74) is 4.61. The molecule has 0 heterocycles. The summed E-state index contributed by atoms with van der Waals surface area (Å²) in [5, 5.41) is 10.0. The van der Waals surface area contributed by atoms with Crippen molar-refractivity contribution in [3.8, 4) is 0 Å². The van der Waals surface area contributed by atoms with Crippen molar-refractivity contribution in [2.75, 3.05) is 0 Å². The fourth-order valence-corrected chi connectivity index (χ4v) is 6.25. The molecule has 162 valence electrons. The van der Waals surface area contributed by atoms with Crippen LogP contribution in [0.3, 0.4) is 0 Å². The normalized spacial score (nSPS) is 38.2. The van der Waals surface area contributed by atoms with E-state index < -0.39 is 0 Å². The first kappa shape index (κ1) is 22.6. The number of rotatable bonds is 5. The lowest BCUT2D eigenvalue weighted by Crippen LogP contribution is -2.35. The molecule has 1 N–H and O–H groups in total. The molecule has 3 aliphatic carbocycles. The number of allylic oxidation sites excluding steroid dienone is 6. The smallest absolute Gasteiger partial charge is 0.0583 e. The van der Waals surface area contributed by atoms with Crippen LogP contribution in [0.2, 0.25) is 0 Å². The zero-order valence-corrected chi connectivity index (χ0v) is 19.6. The maximum Gasteiger partial charge on any atom is 0.0583 e. The first-order valence-electron chi connectivity index (χ1n) is 12.2. The molecule has 29 heavy (non-hydrogen) atoms. The molecule has 0 aromatic heterocycles. The maximum absolute atomic E-state index is 10.0. The van der Waals surface area contributed by atoms with Crippen molar-refractivity contribution >= 4 is 0 Å². The molecule has 0 aromatic carbocycles. The predicted molar refractivity (Wildman–Crippen MR) is 126 cm³/mol. The Morgan fingerprint density at radius 3 is 2.52 bits per heavy atom. The molecule has 0 spiro atoms. The van der Waals surface area contributed by atoms with E-state index in [1.165, 1.54) is 43.3 Å². The molecule has 3 aliphatic rings. The highest BCUT2D eigenvalue weighted by molar-refractivity contribution is 5.36. The minimum atomic E-state index is -0.182. The van der Waals surface area contributed by atoms with E-state index in [2.05, 4.69) is 65.5 Å². The molecule has 6 atom stereocenters. The monoisotopic (exact) mass is 396 g/mol. The van der Waals surface area contributed by atoms with Gasteiger partial charge < -0.3 is 5.11 Å². The van der Waals surface area contributed by atoms with Crippen LogP contribution in [-0.4, -0.2) is 11.2 Å². The average molecular weight is 397 g/mol. The third-order valence-electron chi connectivity index (χ3n) is 8.63. The molecule has 3 rings (SSSR count). The Morgan fingerprint density at radius 1 is 1.03 bits per heavy atom. The summed E-state index contributed by atoms with van der Waals surface area (Å²) in [4.78, 5) is 0. The van der Waals surface area contributed by atoms with Crippen LogP contribution < -0.4 is 0 Å². The topological polar surface area (TPSA) is 20.2 Å². The zero-order chi connectivity index (χ0) is 21.2. The van der Waals surface area contributed by atoms with Gasteiger partial charge in [-0.25, -0.2) is 0 Å². The Bertz CT molecular complexity index is 678. The van der Waals surface area contributed by atoms with Crippen LogP contribution in [0.15, 0.2) is 47.6 Å². The lowest BCUT2D eigenvalue weighted by atomic mass is 9.61. The summed E-state index contributed by atoms with van der Waals surface area (Å²) in [6.07, 6.45) is 18.8. The second-order valence-electron chi connectivity index (χ2n) is 10.9. The van der Waals surface area contributed by atoms with E-state index in [4.69, 9.17) is 0 Å². The zero-order valence-electron chi connectivity index (χ0n) is 19.6. The molecule has 0 radical (unpaired) electrons. The molecule has 1 nitrogen and oxygen atoms in total. The van der Waals surface area contributed by atoms with E-state index in [9.17, 15) is 5.11 Å². The fourth-order valence-electron chi connectivity index (χ4n) is 6.25. The number of aliphatic hydroxyl groups excluding tert-OH is 1. The number of hydrogen-bond acceptors (Lipinski definition) is 1. The Hall–Kier alpha value is -1.08. The third-order valence-corrected chi connectivity index (χ3v) is 8.63. The van der Waals surface area contributed by atoms with Crippen LogP contribution in [0.25, 0.3) is 0 Å². The Kier molecular flexibility index (Phi) is 7.31. The van der Waals surface area contributed by atoms with Gasteiger partial charge in [-0.15, -0.1) is 0 Å². The summed E-state index contributed by atoms with van der Waals surface area (Å²) in [7, 11) is 0. The quantitative estimate of drug-likeness (QED) is 0.473. The van der Waals surface area contributed by atoms with E-state index in [1.54, 1.807) is 5.57 Å². The van der Waals surface area contributed by atoms with Gasteiger partial charge in [0.15, 0.2) is 0 Å². The number of hydrogen-bond donors (Lipinski definition) is 1. The average Bonchev–Trinajstić information content (AvgIpc) is 3.04. The number of fused-ring (bicyclic) bond motifs is 1. The molecule has 0 bridgehead atoms. The minimum Gasteiger partial charge on any atom is -0.393 e. The molecule has 3 saturated carbocycles. The summed E-state index contributed by atoms with van der Waals surface area (Å²) in [6, 6.07) is 0. The highest BCUT2D eigenvalue weighted by atomic mass is 16.3. The molecular weight excluding hydrogens is 352 g/mol. The summed E-state index contributed by atoms with van der Waals surface area (Å²) < 4.78 is 0. The fraction of sp³-hybridized carbons (Fsp3) is 0.714. The lowest BCUT2D eigenvalue weighted by molar-refractivity contribution is 0.112. The van der Waals surface area contributed by atoms with Gasteiger partial charge in [-0.05, 0) is 91.9 Å². The van der Waals surface area contributed by atoms with Gasteiger partial charge in [0.1, 0.15) is 0 Å². The molecule has 0 amide bonds. The Balaban J connectivity index is 1.75. The van der Waals surface area contributed by atoms with Crippen LogP contribution in [-0.2, 0) is 0 Å². The van der Waals surface area contributed by atoms with Gasteiger partial charge in [-0.1, -0.05) is 76.6 Å². The Morgan fingerprint density at radius 2 is 1.79 bits per heavy atom. The van der Waals surface area contributed by atoms with Crippen LogP contribution in [0.4, 0.5) is 0 Å². The van der Waals surface area contributed by atoms with E-state index in [1.807, 2.05) is 0 Å². The molecule has 0 aliphatic heterocycles. The second kappa shape index (κ2) is 9.38. The SMILES string of the molecule is C=C1CC[C@H](O)CC1=CC=C1CCCC2(C)C1CCC2C(C)C=CC(C)C(C)C. The van der Waals surface area contributed by atoms with Crippen molar-refractivity contribution in [1.29, 1.82) is 0 Å². The maximum atomic E-state index is 10.0. The van der Waals surface area contributed by atoms with Crippen LogP contribution in [0.5, 0.6) is 0 Å². The van der Waals surface area contributed by atoms with E-state index in [-0.39, 0.29) is 6.10 Å². The highest BCUT2D eigenvalue weighted by Crippen LogP contribution is 2.59. The standard InChI is InChI=1S/C28H44O/c1-19(2)20(3)9-10-22(5)26-15-16-27-23(8-7-17-28(26,27)6)12-13-24-18-25(29)14-11-21(24)4/h9-10,12-13,19-20,22,25-27,29H,4,7-8,11,14-18H2,1-3,5-6H3/t20?,22?,25-,26?,27?,28?/m0/s1. The van der Waals surface area contributed by atoms with Gasteiger partial charge in [-0.2, -0.15) is 0 Å². The van der Waals surface area contributed by atoms with E-state index >= 15 is 0 Å². The van der Waals surface area contributed by atoms with Crippen LogP contribution in [0.1, 0.15) is 86.0 Å². The van der Waals surface area contributed by atoms with Gasteiger partial charge in [0.05, 0.1) is 6.10 Å². The first-order valence-corrected chi connectivity index (χ1v) is 12.2. The van der Waals surface area contributed by atoms with Gasteiger partial charge >= 0.3 is 0 Å². The number of aliphatic hydroxyl groups is 1. The van der Waals surface area contributed by atoms with E-state index in [0.717, 1.165) is 37.0 Å².